The van der Waals surface area contributed by atoms with Crippen molar-refractivity contribution in [2.45, 2.75) is 32.7 Å². The molecule has 0 N–H and O–H groups in total. The van der Waals surface area contributed by atoms with E-state index >= 15 is 0 Å². The maximum atomic E-state index is 11.6. The number of rotatable bonds is 3. The summed E-state index contributed by atoms with van der Waals surface area (Å²) in [7, 11) is 0. The first-order valence-corrected chi connectivity index (χ1v) is 6.96. The molecule has 0 heterocycles. The third-order valence-corrected chi connectivity index (χ3v) is 4.20. The fourth-order valence-corrected chi connectivity index (χ4v) is 2.68. The Morgan fingerprint density at radius 3 is 2.14 bits per heavy atom. The van der Waals surface area contributed by atoms with Gasteiger partial charge in [0, 0.05) is 10.3 Å². The monoisotopic (exact) mass is 302 g/mol. The Morgan fingerprint density at radius 2 is 1.68 bits per heavy atom. The third-order valence-electron chi connectivity index (χ3n) is 4.20. The molecule has 0 saturated heterocycles. The Morgan fingerprint density at radius 1 is 1.09 bits per heavy atom. The Balaban J connectivity index is 2.60. The molecule has 0 amide bonds. The predicted molar refractivity (Wildman–Crippen MR) is 83.3 cm³/mol. The quantitative estimate of drug-likeness (QED) is 0.629. The van der Waals surface area contributed by atoms with E-state index in [1.807, 2.05) is 6.07 Å². The number of benzene rings is 1. The van der Waals surface area contributed by atoms with Crippen LogP contribution in [0.25, 0.3) is 5.57 Å². The SMILES string of the molecule is CC(C)(C)C1([N+](=O)[O-])C=CC(c2ccccc2)=C([N+](=O)[O-])C1. The average molecular weight is 302 g/mol. The molecule has 116 valence electrons. The van der Waals surface area contributed by atoms with E-state index in [4.69, 9.17) is 0 Å². The minimum absolute atomic E-state index is 0.111. The Hall–Kier alpha value is -2.50. The maximum absolute atomic E-state index is 11.6. The van der Waals surface area contributed by atoms with Crippen molar-refractivity contribution in [2.24, 2.45) is 5.41 Å². The van der Waals surface area contributed by atoms with E-state index in [0.29, 0.717) is 11.1 Å². The highest BCUT2D eigenvalue weighted by Crippen LogP contribution is 2.44. The second-order valence-corrected chi connectivity index (χ2v) is 6.42. The van der Waals surface area contributed by atoms with Crippen molar-refractivity contribution in [1.29, 1.82) is 0 Å². The normalized spacial score (nSPS) is 21.8. The van der Waals surface area contributed by atoms with Crippen molar-refractivity contribution in [2.75, 3.05) is 0 Å². The molecule has 1 atom stereocenters. The van der Waals surface area contributed by atoms with E-state index in [9.17, 15) is 20.2 Å². The van der Waals surface area contributed by atoms with Crippen molar-refractivity contribution in [3.63, 3.8) is 0 Å². The second-order valence-electron chi connectivity index (χ2n) is 6.42. The Labute approximate surface area is 128 Å². The minimum Gasteiger partial charge on any atom is -0.264 e. The van der Waals surface area contributed by atoms with Gasteiger partial charge in [-0.1, -0.05) is 51.1 Å². The van der Waals surface area contributed by atoms with Gasteiger partial charge < -0.3 is 0 Å². The Bertz CT molecular complexity index is 671. The lowest BCUT2D eigenvalue weighted by Crippen LogP contribution is -2.50. The molecule has 1 aromatic carbocycles. The third kappa shape index (κ3) is 2.52. The summed E-state index contributed by atoms with van der Waals surface area (Å²) < 4.78 is 0. The smallest absolute Gasteiger partial charge is 0.261 e. The van der Waals surface area contributed by atoms with Crippen LogP contribution < -0.4 is 0 Å². The molecule has 0 saturated carbocycles. The van der Waals surface area contributed by atoms with Crippen LogP contribution in [0.2, 0.25) is 0 Å². The summed E-state index contributed by atoms with van der Waals surface area (Å²) >= 11 is 0. The topological polar surface area (TPSA) is 86.3 Å². The van der Waals surface area contributed by atoms with Crippen LogP contribution in [0.15, 0.2) is 48.2 Å². The summed E-state index contributed by atoms with van der Waals surface area (Å²) in [6, 6.07) is 8.91. The van der Waals surface area contributed by atoms with Crippen molar-refractivity contribution < 1.29 is 9.85 Å². The summed E-state index contributed by atoms with van der Waals surface area (Å²) in [5.41, 5.74) is -1.20. The molecule has 1 aliphatic carbocycles. The zero-order chi connectivity index (χ0) is 16.5. The van der Waals surface area contributed by atoms with Crippen LogP contribution in [0.1, 0.15) is 32.8 Å². The first kappa shape index (κ1) is 15.9. The fraction of sp³-hybridized carbons (Fsp3) is 0.375. The zero-order valence-electron chi connectivity index (χ0n) is 12.8. The number of nitrogens with zero attached hydrogens (tertiary/aromatic N) is 2. The molecule has 1 aliphatic rings. The molecule has 22 heavy (non-hydrogen) atoms. The van der Waals surface area contributed by atoms with Gasteiger partial charge in [0.25, 0.3) is 11.2 Å². The van der Waals surface area contributed by atoms with Gasteiger partial charge >= 0.3 is 0 Å². The second kappa shape index (κ2) is 5.36. The van der Waals surface area contributed by atoms with Crippen LogP contribution in [0.5, 0.6) is 0 Å². The summed E-state index contributed by atoms with van der Waals surface area (Å²) in [5.74, 6) is 0. The van der Waals surface area contributed by atoms with Gasteiger partial charge in [0.2, 0.25) is 0 Å². The van der Waals surface area contributed by atoms with Gasteiger partial charge in [0.1, 0.15) is 6.42 Å². The number of hydrogen-bond acceptors (Lipinski definition) is 4. The van der Waals surface area contributed by atoms with Crippen LogP contribution in [0.3, 0.4) is 0 Å². The van der Waals surface area contributed by atoms with Gasteiger partial charge in [-0.2, -0.15) is 0 Å². The molecule has 0 fully saturated rings. The summed E-state index contributed by atoms with van der Waals surface area (Å²) in [4.78, 5) is 22.2. The van der Waals surface area contributed by atoms with Gasteiger partial charge in [0.15, 0.2) is 0 Å². The van der Waals surface area contributed by atoms with Gasteiger partial charge in [-0.15, -0.1) is 0 Å². The molecule has 2 rings (SSSR count). The summed E-state index contributed by atoms with van der Waals surface area (Å²) in [6.45, 7) is 5.18. The standard InChI is InChI=1S/C16H18N2O4/c1-15(2,3)16(18(21)22)10-9-13(14(11-16)17(19)20)12-7-5-4-6-8-12/h4-10H,11H2,1-3H3. The minimum atomic E-state index is -1.48. The molecule has 6 nitrogen and oxygen atoms in total. The summed E-state index contributed by atoms with van der Waals surface area (Å²) in [5, 5.41) is 23.1. The lowest BCUT2D eigenvalue weighted by atomic mass is 9.68. The van der Waals surface area contributed by atoms with Gasteiger partial charge in [-0.25, -0.2) is 0 Å². The van der Waals surface area contributed by atoms with Crippen LogP contribution in [-0.4, -0.2) is 15.4 Å². The number of allylic oxidation sites excluding steroid dienone is 2. The van der Waals surface area contributed by atoms with Crippen molar-refractivity contribution in [3.8, 4) is 0 Å². The molecule has 0 bridgehead atoms. The highest BCUT2D eigenvalue weighted by molar-refractivity contribution is 5.77. The predicted octanol–water partition coefficient (Wildman–Crippen LogP) is 3.70. The number of hydrogen-bond donors (Lipinski definition) is 0. The first-order valence-electron chi connectivity index (χ1n) is 6.96. The zero-order valence-corrected chi connectivity index (χ0v) is 12.8. The van der Waals surface area contributed by atoms with Crippen molar-refractivity contribution in [1.82, 2.24) is 0 Å². The van der Waals surface area contributed by atoms with Crippen LogP contribution in [-0.2, 0) is 0 Å². The molecular formula is C16H18N2O4. The van der Waals surface area contributed by atoms with E-state index in [0.717, 1.165) is 0 Å². The highest BCUT2D eigenvalue weighted by atomic mass is 16.6. The van der Waals surface area contributed by atoms with Gasteiger partial charge in [-0.3, -0.25) is 20.2 Å². The van der Waals surface area contributed by atoms with E-state index in [-0.39, 0.29) is 12.1 Å². The first-order chi connectivity index (χ1) is 10.2. The van der Waals surface area contributed by atoms with E-state index in [1.165, 1.54) is 12.2 Å². The van der Waals surface area contributed by atoms with Crippen molar-refractivity contribution in [3.05, 3.63) is 74.0 Å². The van der Waals surface area contributed by atoms with Crippen LogP contribution >= 0.6 is 0 Å². The maximum Gasteiger partial charge on any atom is 0.261 e. The van der Waals surface area contributed by atoms with Gasteiger partial charge in [0.05, 0.1) is 10.5 Å². The lowest BCUT2D eigenvalue weighted by molar-refractivity contribution is -0.579. The molecule has 0 radical (unpaired) electrons. The number of nitro groups is 2. The Kier molecular flexibility index (Phi) is 3.87. The van der Waals surface area contributed by atoms with Crippen molar-refractivity contribution >= 4 is 5.57 Å². The van der Waals surface area contributed by atoms with E-state index in [1.54, 1.807) is 45.0 Å². The molecule has 0 spiro atoms. The summed E-state index contributed by atoms with van der Waals surface area (Å²) in [6.07, 6.45) is 2.80. The lowest BCUT2D eigenvalue weighted by Gasteiger charge is -2.35. The van der Waals surface area contributed by atoms with E-state index < -0.39 is 20.8 Å². The molecule has 0 aliphatic heterocycles. The molecule has 0 aromatic heterocycles. The molecule has 1 aromatic rings. The van der Waals surface area contributed by atoms with Gasteiger partial charge in [-0.05, 0) is 17.7 Å². The van der Waals surface area contributed by atoms with Crippen LogP contribution in [0.4, 0.5) is 0 Å². The molecular weight excluding hydrogens is 284 g/mol. The highest BCUT2D eigenvalue weighted by Gasteiger charge is 2.56. The van der Waals surface area contributed by atoms with E-state index in [2.05, 4.69) is 0 Å². The molecule has 6 heteroatoms. The van der Waals surface area contributed by atoms with Crippen LogP contribution in [0, 0.1) is 25.6 Å². The largest absolute Gasteiger partial charge is 0.264 e. The fourth-order valence-electron chi connectivity index (χ4n) is 2.68. The average Bonchev–Trinajstić information content (AvgIpc) is 2.46. The molecule has 1 unspecified atom stereocenters.